The second-order valence-corrected chi connectivity index (χ2v) is 10.1. The molecule has 6 aromatic carbocycles. The molecule has 1 nitrogen and oxygen atoms in total. The monoisotopic (exact) mass is 477 g/mol. The van der Waals surface area contributed by atoms with Crippen molar-refractivity contribution in [2.24, 2.45) is 0 Å². The molecule has 0 saturated heterocycles. The number of thiophene rings is 1. The second kappa shape index (κ2) is 8.67. The highest BCUT2D eigenvalue weighted by Crippen LogP contribution is 2.40. The summed E-state index contributed by atoms with van der Waals surface area (Å²) in [5.74, 6) is 0. The van der Waals surface area contributed by atoms with Gasteiger partial charge in [0.05, 0.1) is 10.4 Å². The molecule has 1 heterocycles. The van der Waals surface area contributed by atoms with E-state index in [2.05, 4.69) is 139 Å². The van der Waals surface area contributed by atoms with Crippen molar-refractivity contribution in [3.63, 3.8) is 0 Å². The Morgan fingerprint density at radius 3 is 1.89 bits per heavy atom. The summed E-state index contributed by atoms with van der Waals surface area (Å²) in [6.07, 6.45) is 0. The van der Waals surface area contributed by atoms with Crippen molar-refractivity contribution < 1.29 is 0 Å². The molecule has 2 heteroatoms. The Morgan fingerprint density at radius 1 is 0.472 bits per heavy atom. The van der Waals surface area contributed by atoms with Crippen LogP contribution in [0.5, 0.6) is 0 Å². The number of benzene rings is 6. The largest absolute Gasteiger partial charge is 0.354 e. The van der Waals surface area contributed by atoms with Gasteiger partial charge in [0.25, 0.3) is 0 Å². The maximum atomic E-state index is 3.67. The fourth-order valence-corrected chi connectivity index (χ4v) is 6.35. The van der Waals surface area contributed by atoms with Gasteiger partial charge < -0.3 is 5.32 Å². The Morgan fingerprint density at radius 2 is 1.11 bits per heavy atom. The molecule has 0 atom stereocenters. The van der Waals surface area contributed by atoms with Gasteiger partial charge in [-0.15, -0.1) is 11.3 Å². The van der Waals surface area contributed by atoms with E-state index in [9.17, 15) is 0 Å². The minimum Gasteiger partial charge on any atom is -0.354 e. The van der Waals surface area contributed by atoms with Crippen molar-refractivity contribution in [2.75, 3.05) is 5.32 Å². The van der Waals surface area contributed by atoms with Crippen molar-refractivity contribution in [3.8, 4) is 22.3 Å². The van der Waals surface area contributed by atoms with E-state index in [4.69, 9.17) is 0 Å². The van der Waals surface area contributed by atoms with E-state index in [1.54, 1.807) is 0 Å². The molecule has 0 amide bonds. The van der Waals surface area contributed by atoms with E-state index in [0.29, 0.717) is 0 Å². The lowest BCUT2D eigenvalue weighted by Crippen LogP contribution is -1.91. The average Bonchev–Trinajstić information content (AvgIpc) is 3.33. The van der Waals surface area contributed by atoms with Crippen LogP contribution in [0.4, 0.5) is 11.4 Å². The lowest BCUT2D eigenvalue weighted by molar-refractivity contribution is 1.58. The van der Waals surface area contributed by atoms with Crippen LogP contribution < -0.4 is 5.32 Å². The van der Waals surface area contributed by atoms with Crippen LogP contribution in [0.1, 0.15) is 0 Å². The van der Waals surface area contributed by atoms with Crippen LogP contribution in [-0.2, 0) is 0 Å². The minimum absolute atomic E-state index is 1.09. The minimum atomic E-state index is 1.09. The molecule has 0 aliphatic carbocycles. The molecule has 170 valence electrons. The Hall–Kier alpha value is -4.40. The van der Waals surface area contributed by atoms with Gasteiger partial charge in [-0.3, -0.25) is 0 Å². The molecule has 1 N–H and O–H groups in total. The number of rotatable bonds is 4. The fraction of sp³-hybridized carbons (Fsp3) is 0. The maximum absolute atomic E-state index is 3.67. The summed E-state index contributed by atoms with van der Waals surface area (Å²) in [7, 11) is 0. The van der Waals surface area contributed by atoms with Gasteiger partial charge in [0.1, 0.15) is 0 Å². The van der Waals surface area contributed by atoms with Crippen LogP contribution in [0, 0.1) is 0 Å². The van der Waals surface area contributed by atoms with Crippen LogP contribution in [0.15, 0.2) is 133 Å². The lowest BCUT2D eigenvalue weighted by atomic mass is 9.91. The molecule has 0 saturated carbocycles. The van der Waals surface area contributed by atoms with Crippen LogP contribution in [0.3, 0.4) is 0 Å². The third kappa shape index (κ3) is 3.55. The highest BCUT2D eigenvalue weighted by Gasteiger charge is 2.11. The number of nitrogens with one attached hydrogen (secondary N) is 1. The highest BCUT2D eigenvalue weighted by atomic mass is 32.1. The number of hydrogen-bond donors (Lipinski definition) is 1. The van der Waals surface area contributed by atoms with Crippen LogP contribution in [-0.4, -0.2) is 0 Å². The van der Waals surface area contributed by atoms with Gasteiger partial charge in [-0.1, -0.05) is 109 Å². The predicted molar refractivity (Wildman–Crippen MR) is 157 cm³/mol. The topological polar surface area (TPSA) is 12.0 Å². The van der Waals surface area contributed by atoms with Gasteiger partial charge >= 0.3 is 0 Å². The Bertz CT molecular complexity index is 1840. The maximum Gasteiger partial charge on any atom is 0.0590 e. The van der Waals surface area contributed by atoms with Crippen LogP contribution >= 0.6 is 11.3 Å². The molecule has 7 rings (SSSR count). The number of hydrogen-bond acceptors (Lipinski definition) is 2. The fourth-order valence-electron chi connectivity index (χ4n) is 5.17. The van der Waals surface area contributed by atoms with Gasteiger partial charge in [0, 0.05) is 21.2 Å². The van der Waals surface area contributed by atoms with Crippen LogP contribution in [0.2, 0.25) is 0 Å². The zero-order chi connectivity index (χ0) is 23.9. The van der Waals surface area contributed by atoms with Crippen molar-refractivity contribution in [3.05, 3.63) is 133 Å². The third-order valence-electron chi connectivity index (χ3n) is 6.87. The molecule has 7 aromatic rings. The smallest absolute Gasteiger partial charge is 0.0590 e. The Kier molecular flexibility index (Phi) is 5.04. The van der Waals surface area contributed by atoms with E-state index >= 15 is 0 Å². The first kappa shape index (κ1) is 20.9. The first-order chi connectivity index (χ1) is 17.8. The van der Waals surface area contributed by atoms with E-state index in [0.717, 1.165) is 11.4 Å². The van der Waals surface area contributed by atoms with Gasteiger partial charge in [-0.25, -0.2) is 0 Å². The first-order valence-corrected chi connectivity index (χ1v) is 13.0. The number of fused-ring (bicyclic) bond motifs is 4. The second-order valence-electron chi connectivity index (χ2n) is 9.06. The lowest BCUT2D eigenvalue weighted by Gasteiger charge is -2.13. The summed E-state index contributed by atoms with van der Waals surface area (Å²) in [5, 5.41) is 8.85. The summed E-state index contributed by atoms with van der Waals surface area (Å²) in [4.78, 5) is 0. The van der Waals surface area contributed by atoms with Gasteiger partial charge in [-0.05, 0) is 57.3 Å². The van der Waals surface area contributed by atoms with Crippen molar-refractivity contribution in [1.82, 2.24) is 0 Å². The van der Waals surface area contributed by atoms with E-state index in [1.165, 1.54) is 53.2 Å². The molecule has 0 spiro atoms. The standard InChI is InChI=1S/C34H23NS/c1-2-9-23(10-3-1)27-14-6-11-25-12-7-15-28(33(25)27)24-19-21-26(22-20-24)35-31-17-8-16-30-29-13-4-5-18-32(29)36-34(30)31/h1-22,35H. The van der Waals surface area contributed by atoms with E-state index in [1.807, 2.05) is 11.3 Å². The zero-order valence-corrected chi connectivity index (χ0v) is 20.4. The summed E-state index contributed by atoms with van der Waals surface area (Å²) < 4.78 is 2.62. The Balaban J connectivity index is 1.28. The van der Waals surface area contributed by atoms with E-state index < -0.39 is 0 Å². The van der Waals surface area contributed by atoms with Gasteiger partial charge in [0.15, 0.2) is 0 Å². The van der Waals surface area contributed by atoms with Crippen molar-refractivity contribution in [2.45, 2.75) is 0 Å². The Labute approximate surface area is 214 Å². The molecule has 0 aliphatic heterocycles. The van der Waals surface area contributed by atoms with Gasteiger partial charge in [-0.2, -0.15) is 0 Å². The van der Waals surface area contributed by atoms with Crippen molar-refractivity contribution in [1.29, 1.82) is 0 Å². The molecule has 0 fully saturated rings. The SMILES string of the molecule is c1ccc(-c2cccc3cccc(-c4ccc(Nc5cccc6c5sc5ccccc56)cc4)c23)cc1. The normalized spacial score (nSPS) is 11.3. The molecule has 36 heavy (non-hydrogen) atoms. The molecule has 0 bridgehead atoms. The number of anilines is 2. The molecular formula is C34H23NS. The molecule has 0 aliphatic rings. The van der Waals surface area contributed by atoms with Crippen LogP contribution in [0.25, 0.3) is 53.2 Å². The third-order valence-corrected chi connectivity index (χ3v) is 8.09. The first-order valence-electron chi connectivity index (χ1n) is 12.2. The summed E-state index contributed by atoms with van der Waals surface area (Å²) in [6.45, 7) is 0. The van der Waals surface area contributed by atoms with E-state index in [-0.39, 0.29) is 0 Å². The highest BCUT2D eigenvalue weighted by molar-refractivity contribution is 7.26. The van der Waals surface area contributed by atoms with Gasteiger partial charge in [0.2, 0.25) is 0 Å². The molecular weight excluding hydrogens is 454 g/mol. The molecule has 0 radical (unpaired) electrons. The molecule has 0 unspecified atom stereocenters. The molecule has 1 aromatic heterocycles. The quantitative estimate of drug-likeness (QED) is 0.266. The zero-order valence-electron chi connectivity index (χ0n) is 19.6. The van der Waals surface area contributed by atoms with Crippen molar-refractivity contribution >= 4 is 53.7 Å². The average molecular weight is 478 g/mol. The summed E-state index contributed by atoms with van der Waals surface area (Å²) in [6, 6.07) is 47.8. The summed E-state index contributed by atoms with van der Waals surface area (Å²) >= 11 is 1.85. The predicted octanol–water partition coefficient (Wildman–Crippen LogP) is 10.3. The summed E-state index contributed by atoms with van der Waals surface area (Å²) in [5.41, 5.74) is 7.22.